The number of amides is 1. The third kappa shape index (κ3) is 9.27. The largest absolute Gasteiger partial charge is 0.489 e. The van der Waals surface area contributed by atoms with Crippen LogP contribution in [0.3, 0.4) is 0 Å². The van der Waals surface area contributed by atoms with E-state index in [1.165, 1.54) is 0 Å². The third-order valence-electron chi connectivity index (χ3n) is 9.25. The number of carbonyl (C=O) groups excluding carboxylic acids is 1. The number of carboxylic acid groups (broad SMARTS) is 1. The molecule has 2 aliphatic heterocycles. The third-order valence-corrected chi connectivity index (χ3v) is 9.25. The Bertz CT molecular complexity index is 2650. The molecule has 0 unspecified atom stereocenters. The summed E-state index contributed by atoms with van der Waals surface area (Å²) in [5, 5.41) is 24.6. The number of aromatic nitrogens is 10. The van der Waals surface area contributed by atoms with E-state index in [0.29, 0.717) is 36.9 Å². The van der Waals surface area contributed by atoms with Gasteiger partial charge in [-0.2, -0.15) is 0 Å². The summed E-state index contributed by atoms with van der Waals surface area (Å²) in [5.74, 6) is 2.72. The topological polar surface area (TPSA) is 230 Å². The second kappa shape index (κ2) is 18.6. The van der Waals surface area contributed by atoms with E-state index in [0.717, 1.165) is 39.8 Å². The number of aromatic amines is 2. The van der Waals surface area contributed by atoms with Crippen molar-refractivity contribution in [2.45, 2.75) is 32.4 Å². The fraction of sp³-hybridized carbons (Fsp3) is 0.163. The Morgan fingerprint density at radius 2 is 1.17 bits per heavy atom. The number of imidazole rings is 2. The van der Waals surface area contributed by atoms with E-state index in [9.17, 15) is 9.59 Å². The molecule has 8 aromatic rings. The van der Waals surface area contributed by atoms with E-state index in [4.69, 9.17) is 20.3 Å². The van der Waals surface area contributed by atoms with Crippen LogP contribution in [0.5, 0.6) is 11.5 Å². The normalized spacial score (nSPS) is 14.4. The molecule has 10 rings (SSSR count). The van der Waals surface area contributed by atoms with Crippen molar-refractivity contribution in [3.05, 3.63) is 180 Å². The summed E-state index contributed by atoms with van der Waals surface area (Å²) < 4.78 is 15.4. The molecule has 1 amide bonds. The Balaban J connectivity index is 0.000000148. The highest BCUT2D eigenvalue weighted by molar-refractivity contribution is 5.90. The van der Waals surface area contributed by atoms with Gasteiger partial charge in [0.05, 0.1) is 17.4 Å². The number of nitrogens with two attached hydrogens (primary N) is 1. The van der Waals surface area contributed by atoms with Gasteiger partial charge in [-0.05, 0) is 35.4 Å². The van der Waals surface area contributed by atoms with E-state index < -0.39 is 12.0 Å². The number of carboxylic acids is 1. The zero-order valence-corrected chi connectivity index (χ0v) is 31.4. The van der Waals surface area contributed by atoms with E-state index in [1.807, 2.05) is 131 Å². The number of nitrogens with zero attached hydrogens (tertiary/aromatic N) is 8. The van der Waals surface area contributed by atoms with Crippen molar-refractivity contribution in [2.24, 2.45) is 5.73 Å². The van der Waals surface area contributed by atoms with Crippen molar-refractivity contribution in [1.29, 1.82) is 0 Å². The molecule has 4 aromatic heterocycles. The molecule has 17 nitrogen and oxygen atoms in total. The predicted molar refractivity (Wildman–Crippen MR) is 220 cm³/mol. The van der Waals surface area contributed by atoms with E-state index in [1.54, 1.807) is 12.4 Å². The average molecular weight is 807 g/mol. The number of fused-ring (bicyclic) bond motifs is 6. The average Bonchev–Trinajstić information content (AvgIpc) is 4.10. The number of hydrogen-bond acceptors (Lipinski definition) is 11. The van der Waals surface area contributed by atoms with Gasteiger partial charge in [0.15, 0.2) is 0 Å². The molecule has 0 spiro atoms. The molecular weight excluding hydrogens is 765 g/mol. The maximum Gasteiger partial charge on any atom is 0.375 e. The zero-order chi connectivity index (χ0) is 40.6. The molecule has 60 heavy (non-hydrogen) atoms. The molecular formula is C43H42N12O5. The van der Waals surface area contributed by atoms with Gasteiger partial charge in [-0.25, -0.2) is 24.7 Å². The van der Waals surface area contributed by atoms with Gasteiger partial charge in [-0.1, -0.05) is 92.4 Å². The monoisotopic (exact) mass is 806 g/mol. The summed E-state index contributed by atoms with van der Waals surface area (Å²) in [6.07, 6.45) is 8.36. The second-order valence-electron chi connectivity index (χ2n) is 13.3. The first-order valence-electron chi connectivity index (χ1n) is 18.6. The van der Waals surface area contributed by atoms with Gasteiger partial charge in [0, 0.05) is 37.6 Å². The molecule has 6 heterocycles. The van der Waals surface area contributed by atoms with Crippen LogP contribution in [-0.4, -0.2) is 79.7 Å². The molecule has 2 aliphatic rings. The summed E-state index contributed by atoms with van der Waals surface area (Å²) in [6.45, 7) is 0.731. The lowest BCUT2D eigenvalue weighted by Gasteiger charge is -2.15. The van der Waals surface area contributed by atoms with Crippen LogP contribution in [0, 0.1) is 0 Å². The molecule has 0 saturated carbocycles. The minimum absolute atomic E-state index is 0. The van der Waals surface area contributed by atoms with Crippen LogP contribution in [0.15, 0.2) is 134 Å². The van der Waals surface area contributed by atoms with Gasteiger partial charge in [-0.15, -0.1) is 10.2 Å². The second-order valence-corrected chi connectivity index (χ2v) is 13.3. The van der Waals surface area contributed by atoms with Crippen LogP contribution in [0.4, 0.5) is 0 Å². The number of ether oxygens (including phenoxy) is 2. The number of hydrogen-bond donors (Lipinski definition) is 5. The number of benzene rings is 4. The molecule has 0 saturated heterocycles. The first kappa shape index (κ1) is 40.3. The Kier molecular flexibility index (Phi) is 12.5. The quantitative estimate of drug-likeness (QED) is 0.136. The summed E-state index contributed by atoms with van der Waals surface area (Å²) >= 11 is 0. The highest BCUT2D eigenvalue weighted by Gasteiger charge is 2.27. The van der Waals surface area contributed by atoms with Crippen molar-refractivity contribution >= 4 is 11.9 Å². The van der Waals surface area contributed by atoms with Crippen molar-refractivity contribution in [3.63, 3.8) is 0 Å². The minimum atomic E-state index is -1.12. The minimum Gasteiger partial charge on any atom is -0.489 e. The zero-order valence-electron chi connectivity index (χ0n) is 31.4. The molecule has 2 atom stereocenters. The fourth-order valence-corrected chi connectivity index (χ4v) is 6.48. The van der Waals surface area contributed by atoms with Crippen LogP contribution in [0.25, 0.3) is 11.4 Å². The fourth-order valence-electron chi connectivity index (χ4n) is 6.48. The van der Waals surface area contributed by atoms with E-state index >= 15 is 0 Å². The first-order valence-corrected chi connectivity index (χ1v) is 18.6. The van der Waals surface area contributed by atoms with Crippen LogP contribution in [0.2, 0.25) is 0 Å². The molecule has 0 radical (unpaired) electrons. The Labute approximate surface area is 344 Å². The standard InChI is InChI=1S/C21H18N6O2.C11H11N3O.C10H9N3O2.CH4/c28-21(19-24-18(25-26-19)12-14-6-2-1-3-7-14)23-15-13-29-17-9-5-4-8-16(17)27-11-10-22-20(15)27;12-8-7-15-10-4-2-1-3-9(10)14-6-5-13-11(8)14;14-10(15)9-11-8(12-13-9)6-7-4-2-1-3-5-7;/h1-11,15H,12-13H2,(H,23,28)(H,24,25,26);1-6,8H,7,12H2;1-5H,6H2,(H,14,15)(H,11,12,13);1H4/t15-;8-;;/m00../s1. The Morgan fingerprint density at radius 1 is 0.683 bits per heavy atom. The van der Waals surface area contributed by atoms with Gasteiger partial charge >= 0.3 is 5.97 Å². The van der Waals surface area contributed by atoms with Crippen molar-refractivity contribution in [1.82, 2.24) is 54.8 Å². The summed E-state index contributed by atoms with van der Waals surface area (Å²) in [4.78, 5) is 40.1. The highest BCUT2D eigenvalue weighted by atomic mass is 16.5. The lowest BCUT2D eigenvalue weighted by molar-refractivity contribution is 0.0683. The molecule has 0 aliphatic carbocycles. The van der Waals surface area contributed by atoms with Crippen LogP contribution >= 0.6 is 0 Å². The molecule has 304 valence electrons. The Hall–Kier alpha value is -7.92. The SMILES string of the molecule is C.N[C@H]1COc2ccccc2-n2ccnc21.O=C(N[C@H]1COc2ccccc2-n2ccnc21)c1n[nH]c(Cc2ccccc2)n1.O=C(O)c1n[nH]c(Cc2ccccc2)n1. The van der Waals surface area contributed by atoms with Crippen LogP contribution in [-0.2, 0) is 12.8 Å². The van der Waals surface area contributed by atoms with Gasteiger partial charge in [0.1, 0.15) is 54.1 Å². The number of nitrogens with one attached hydrogen (secondary N) is 3. The van der Waals surface area contributed by atoms with Crippen molar-refractivity contribution in [3.8, 4) is 22.9 Å². The Morgan fingerprint density at radius 3 is 1.73 bits per heavy atom. The maximum absolute atomic E-state index is 12.7. The number of carbonyl (C=O) groups is 2. The smallest absolute Gasteiger partial charge is 0.375 e. The summed E-state index contributed by atoms with van der Waals surface area (Å²) in [6, 6.07) is 34.5. The number of H-pyrrole nitrogens is 2. The van der Waals surface area contributed by atoms with Crippen molar-refractivity contribution in [2.75, 3.05) is 13.2 Å². The first-order chi connectivity index (χ1) is 28.9. The van der Waals surface area contributed by atoms with E-state index in [2.05, 4.69) is 45.6 Å². The molecule has 6 N–H and O–H groups in total. The highest BCUT2D eigenvalue weighted by Crippen LogP contribution is 2.31. The number of aromatic carboxylic acids is 1. The molecule has 4 aromatic carbocycles. The van der Waals surface area contributed by atoms with Crippen molar-refractivity contribution < 1.29 is 24.2 Å². The molecule has 17 heteroatoms. The van der Waals surface area contributed by atoms with Crippen LogP contribution < -0.4 is 20.5 Å². The van der Waals surface area contributed by atoms with Gasteiger partial charge in [0.25, 0.3) is 11.7 Å². The molecule has 0 fully saturated rings. The molecule has 0 bridgehead atoms. The predicted octanol–water partition coefficient (Wildman–Crippen LogP) is 5.44. The number of para-hydroxylation sites is 4. The van der Waals surface area contributed by atoms with Gasteiger partial charge in [-0.3, -0.25) is 24.1 Å². The van der Waals surface area contributed by atoms with Crippen LogP contribution in [0.1, 0.15) is 75.2 Å². The lowest BCUT2D eigenvalue weighted by Crippen LogP contribution is -2.33. The van der Waals surface area contributed by atoms with E-state index in [-0.39, 0.29) is 37.6 Å². The summed E-state index contributed by atoms with van der Waals surface area (Å²) in [7, 11) is 0. The maximum atomic E-state index is 12.7. The number of rotatable bonds is 7. The van der Waals surface area contributed by atoms with Gasteiger partial charge < -0.3 is 25.6 Å². The summed E-state index contributed by atoms with van der Waals surface area (Å²) in [5.41, 5.74) is 10.00. The lowest BCUT2D eigenvalue weighted by atomic mass is 10.1. The van der Waals surface area contributed by atoms with Gasteiger partial charge in [0.2, 0.25) is 5.82 Å².